The molecule has 2 atom stereocenters. The highest BCUT2D eigenvalue weighted by Gasteiger charge is 2.32. The van der Waals surface area contributed by atoms with Crippen molar-refractivity contribution in [2.75, 3.05) is 33.8 Å². The molecular weight excluding hydrogens is 299 g/mol. The number of hydrogen-bond acceptors (Lipinski definition) is 3. The SMILES string of the molecule is CNCC1OCCN(C)C1c1ccc(F)cc1Br. The summed E-state index contributed by atoms with van der Waals surface area (Å²) in [4.78, 5) is 2.25. The summed E-state index contributed by atoms with van der Waals surface area (Å²) in [6.07, 6.45) is 0.0792. The summed E-state index contributed by atoms with van der Waals surface area (Å²) in [6.45, 7) is 2.39. The molecule has 5 heteroatoms. The number of likely N-dealkylation sites (N-methyl/N-ethyl adjacent to an activating group) is 2. The van der Waals surface area contributed by atoms with Crippen LogP contribution in [-0.2, 0) is 4.74 Å². The van der Waals surface area contributed by atoms with Crippen LogP contribution in [0.5, 0.6) is 0 Å². The van der Waals surface area contributed by atoms with Crippen LogP contribution in [-0.4, -0.2) is 44.8 Å². The number of morpholine rings is 1. The Bertz CT molecular complexity index is 414. The van der Waals surface area contributed by atoms with Gasteiger partial charge in [0.25, 0.3) is 0 Å². The molecular formula is C13H18BrFN2O. The van der Waals surface area contributed by atoms with Crippen molar-refractivity contribution < 1.29 is 9.13 Å². The van der Waals surface area contributed by atoms with Crippen molar-refractivity contribution in [3.8, 4) is 0 Å². The molecule has 1 N–H and O–H groups in total. The van der Waals surface area contributed by atoms with Gasteiger partial charge in [0.1, 0.15) is 5.82 Å². The number of rotatable bonds is 3. The number of nitrogens with zero attached hydrogens (tertiary/aromatic N) is 1. The zero-order valence-electron chi connectivity index (χ0n) is 10.6. The molecule has 18 heavy (non-hydrogen) atoms. The van der Waals surface area contributed by atoms with Crippen molar-refractivity contribution >= 4 is 15.9 Å². The first-order chi connectivity index (χ1) is 8.63. The number of hydrogen-bond donors (Lipinski definition) is 1. The average molecular weight is 317 g/mol. The van der Waals surface area contributed by atoms with Crippen LogP contribution in [0.2, 0.25) is 0 Å². The van der Waals surface area contributed by atoms with Gasteiger partial charge in [-0.3, -0.25) is 4.90 Å². The van der Waals surface area contributed by atoms with E-state index < -0.39 is 0 Å². The van der Waals surface area contributed by atoms with E-state index in [2.05, 4.69) is 33.2 Å². The van der Waals surface area contributed by atoms with Gasteiger partial charge < -0.3 is 10.1 Å². The zero-order chi connectivity index (χ0) is 13.1. The Morgan fingerprint density at radius 3 is 3.00 bits per heavy atom. The van der Waals surface area contributed by atoms with Gasteiger partial charge >= 0.3 is 0 Å². The first-order valence-corrected chi connectivity index (χ1v) is 6.84. The van der Waals surface area contributed by atoms with Crippen molar-refractivity contribution in [3.05, 3.63) is 34.1 Å². The summed E-state index contributed by atoms with van der Waals surface area (Å²) in [5.74, 6) is -0.227. The van der Waals surface area contributed by atoms with Crippen molar-refractivity contribution in [2.24, 2.45) is 0 Å². The second kappa shape index (κ2) is 6.10. The van der Waals surface area contributed by atoms with E-state index >= 15 is 0 Å². The number of benzene rings is 1. The minimum atomic E-state index is -0.227. The number of halogens is 2. The monoisotopic (exact) mass is 316 g/mol. The standard InChI is InChI=1S/C13H18BrFN2O/c1-16-8-12-13(17(2)5-6-18-12)10-4-3-9(15)7-11(10)14/h3-4,7,12-13,16H,5-6,8H2,1-2H3. The Labute approximate surface area is 115 Å². The zero-order valence-corrected chi connectivity index (χ0v) is 12.2. The molecule has 1 aromatic carbocycles. The molecule has 2 unspecified atom stereocenters. The van der Waals surface area contributed by atoms with Gasteiger partial charge in [0.2, 0.25) is 0 Å². The smallest absolute Gasteiger partial charge is 0.124 e. The second-order valence-corrected chi connectivity index (χ2v) is 5.41. The highest BCUT2D eigenvalue weighted by atomic mass is 79.9. The second-order valence-electron chi connectivity index (χ2n) is 4.56. The molecule has 1 aliphatic heterocycles. The summed E-state index contributed by atoms with van der Waals surface area (Å²) < 4.78 is 19.8. The van der Waals surface area contributed by atoms with Gasteiger partial charge in [0, 0.05) is 17.6 Å². The highest BCUT2D eigenvalue weighted by molar-refractivity contribution is 9.10. The molecule has 2 rings (SSSR count). The number of ether oxygens (including phenoxy) is 1. The fourth-order valence-corrected chi connectivity index (χ4v) is 3.00. The molecule has 1 heterocycles. The predicted octanol–water partition coefficient (Wildman–Crippen LogP) is 2.18. The Morgan fingerprint density at radius 1 is 1.56 bits per heavy atom. The first-order valence-electron chi connectivity index (χ1n) is 6.05. The van der Waals surface area contributed by atoms with E-state index in [1.165, 1.54) is 12.1 Å². The Kier molecular flexibility index (Phi) is 4.72. The molecule has 1 aromatic rings. The largest absolute Gasteiger partial charge is 0.374 e. The maximum absolute atomic E-state index is 13.2. The fraction of sp³-hybridized carbons (Fsp3) is 0.538. The van der Waals surface area contributed by atoms with Crippen LogP contribution in [0, 0.1) is 5.82 Å². The van der Waals surface area contributed by atoms with Gasteiger partial charge in [-0.25, -0.2) is 4.39 Å². The van der Waals surface area contributed by atoms with Crippen molar-refractivity contribution in [3.63, 3.8) is 0 Å². The van der Waals surface area contributed by atoms with E-state index in [0.717, 1.165) is 29.7 Å². The summed E-state index contributed by atoms with van der Waals surface area (Å²) in [6, 6.07) is 4.98. The molecule has 0 aromatic heterocycles. The van der Waals surface area contributed by atoms with Gasteiger partial charge in [0.15, 0.2) is 0 Å². The van der Waals surface area contributed by atoms with Gasteiger partial charge in [-0.15, -0.1) is 0 Å². The van der Waals surface area contributed by atoms with Crippen LogP contribution in [0.15, 0.2) is 22.7 Å². The third-order valence-corrected chi connectivity index (χ3v) is 3.98. The minimum Gasteiger partial charge on any atom is -0.374 e. The van der Waals surface area contributed by atoms with E-state index in [1.807, 2.05) is 13.1 Å². The summed E-state index contributed by atoms with van der Waals surface area (Å²) in [5, 5.41) is 3.15. The lowest BCUT2D eigenvalue weighted by atomic mass is 9.98. The van der Waals surface area contributed by atoms with Crippen molar-refractivity contribution in [1.82, 2.24) is 10.2 Å². The highest BCUT2D eigenvalue weighted by Crippen LogP contribution is 2.33. The molecule has 1 fully saturated rings. The predicted molar refractivity (Wildman–Crippen MR) is 73.1 cm³/mol. The van der Waals surface area contributed by atoms with Crippen molar-refractivity contribution in [1.29, 1.82) is 0 Å². The van der Waals surface area contributed by atoms with Crippen LogP contribution in [0.25, 0.3) is 0 Å². The van der Waals surface area contributed by atoms with Crippen molar-refractivity contribution in [2.45, 2.75) is 12.1 Å². The lowest BCUT2D eigenvalue weighted by Gasteiger charge is -2.39. The normalized spacial score (nSPS) is 25.3. The fourth-order valence-electron chi connectivity index (χ4n) is 2.41. The van der Waals surface area contributed by atoms with Gasteiger partial charge in [-0.2, -0.15) is 0 Å². The molecule has 0 spiro atoms. The van der Waals surface area contributed by atoms with Crippen LogP contribution >= 0.6 is 15.9 Å². The van der Waals surface area contributed by atoms with Crippen LogP contribution in [0.3, 0.4) is 0 Å². The molecule has 0 saturated carbocycles. The maximum atomic E-state index is 13.2. The first kappa shape index (κ1) is 13.9. The topological polar surface area (TPSA) is 24.5 Å². The Hall–Kier alpha value is -0.490. The van der Waals surface area contributed by atoms with E-state index in [0.29, 0.717) is 0 Å². The molecule has 0 radical (unpaired) electrons. The third kappa shape index (κ3) is 2.91. The van der Waals surface area contributed by atoms with Gasteiger partial charge in [-0.1, -0.05) is 22.0 Å². The molecule has 1 saturated heterocycles. The maximum Gasteiger partial charge on any atom is 0.124 e. The molecule has 0 bridgehead atoms. The molecule has 0 aliphatic carbocycles. The van der Waals surface area contributed by atoms with Crippen LogP contribution in [0.1, 0.15) is 11.6 Å². The summed E-state index contributed by atoms with van der Waals surface area (Å²) in [7, 11) is 3.99. The van der Waals surface area contributed by atoms with E-state index in [-0.39, 0.29) is 18.0 Å². The van der Waals surface area contributed by atoms with Gasteiger partial charge in [0.05, 0.1) is 18.8 Å². The summed E-state index contributed by atoms with van der Waals surface area (Å²) >= 11 is 3.45. The molecule has 0 amide bonds. The molecule has 1 aliphatic rings. The lowest BCUT2D eigenvalue weighted by molar-refractivity contribution is -0.0608. The third-order valence-electron chi connectivity index (χ3n) is 3.29. The molecule has 3 nitrogen and oxygen atoms in total. The van der Waals surface area contributed by atoms with E-state index in [1.54, 1.807) is 0 Å². The van der Waals surface area contributed by atoms with Crippen LogP contribution in [0.4, 0.5) is 4.39 Å². The van der Waals surface area contributed by atoms with E-state index in [4.69, 9.17) is 4.74 Å². The Balaban J connectivity index is 2.31. The summed E-state index contributed by atoms with van der Waals surface area (Å²) in [5.41, 5.74) is 1.07. The average Bonchev–Trinajstić information content (AvgIpc) is 2.31. The van der Waals surface area contributed by atoms with E-state index in [9.17, 15) is 4.39 Å². The quantitative estimate of drug-likeness (QED) is 0.925. The van der Waals surface area contributed by atoms with Crippen LogP contribution < -0.4 is 5.32 Å². The number of nitrogens with one attached hydrogen (secondary N) is 1. The minimum absolute atomic E-state index is 0.0792. The Morgan fingerprint density at radius 2 is 2.33 bits per heavy atom. The van der Waals surface area contributed by atoms with Gasteiger partial charge in [-0.05, 0) is 31.8 Å². The molecule has 100 valence electrons. The lowest BCUT2D eigenvalue weighted by Crippen LogP contribution is -2.47.